The largest absolute Gasteiger partial charge is 0.475 e. The lowest BCUT2D eigenvalue weighted by Crippen LogP contribution is -2.58. The van der Waals surface area contributed by atoms with Crippen LogP contribution in [0.4, 0.5) is 0 Å². The normalized spacial score (nSPS) is 23.8. The van der Waals surface area contributed by atoms with Gasteiger partial charge in [-0.25, -0.2) is 4.79 Å². The number of carboxylic acid groups (broad SMARTS) is 1. The minimum atomic E-state index is -1.11. The average Bonchev–Trinajstić information content (AvgIpc) is 2.10. The summed E-state index contributed by atoms with van der Waals surface area (Å²) in [7, 11) is 0. The summed E-state index contributed by atoms with van der Waals surface area (Å²) in [6.07, 6.45) is 3.10. The van der Waals surface area contributed by atoms with Gasteiger partial charge < -0.3 is 9.94 Å². The molecule has 0 atom stereocenters. The van der Waals surface area contributed by atoms with Crippen molar-refractivity contribution in [3.63, 3.8) is 0 Å². The van der Waals surface area contributed by atoms with Crippen LogP contribution in [0.3, 0.4) is 0 Å². The molecule has 1 aliphatic heterocycles. The molecule has 0 bridgehead atoms. The van der Waals surface area contributed by atoms with Gasteiger partial charge in [0.25, 0.3) is 0 Å². The Bertz CT molecular complexity index is 291. The molecule has 4 heteroatoms. The molecule has 4 nitrogen and oxygen atoms in total. The quantitative estimate of drug-likeness (QED) is 0.594. The monoisotopic (exact) mass is 227 g/mol. The van der Waals surface area contributed by atoms with Gasteiger partial charge in [0.05, 0.1) is 11.1 Å². The molecule has 0 aromatic carbocycles. The van der Waals surface area contributed by atoms with Crippen LogP contribution in [-0.2, 0) is 9.63 Å². The summed E-state index contributed by atoms with van der Waals surface area (Å²) in [6.45, 7) is 11.7. The fourth-order valence-corrected chi connectivity index (χ4v) is 2.37. The van der Waals surface area contributed by atoms with E-state index in [4.69, 9.17) is 9.94 Å². The summed E-state index contributed by atoms with van der Waals surface area (Å²) < 4.78 is 0. The fraction of sp³-hybridized carbons (Fsp3) is 0.750. The Balaban J connectivity index is 2.87. The zero-order valence-electron chi connectivity index (χ0n) is 10.5. The predicted octanol–water partition coefficient (Wildman–Crippen LogP) is 2.56. The zero-order chi connectivity index (χ0) is 12.6. The van der Waals surface area contributed by atoms with Crippen molar-refractivity contribution in [1.82, 2.24) is 5.06 Å². The first kappa shape index (κ1) is 13.0. The second-order valence-corrected chi connectivity index (χ2v) is 5.59. The maximum Gasteiger partial charge on any atom is 0.373 e. The van der Waals surface area contributed by atoms with Crippen LogP contribution in [0.5, 0.6) is 0 Å². The maximum atomic E-state index is 10.7. The van der Waals surface area contributed by atoms with Gasteiger partial charge in [-0.3, -0.25) is 0 Å². The van der Waals surface area contributed by atoms with E-state index < -0.39 is 5.97 Å². The molecule has 1 rings (SSSR count). The lowest BCUT2D eigenvalue weighted by Gasteiger charge is -2.50. The highest BCUT2D eigenvalue weighted by molar-refractivity contribution is 5.83. The van der Waals surface area contributed by atoms with Crippen LogP contribution < -0.4 is 0 Å². The van der Waals surface area contributed by atoms with Crippen molar-refractivity contribution < 1.29 is 14.7 Å². The average molecular weight is 227 g/mol. The van der Waals surface area contributed by atoms with Crippen LogP contribution in [0.15, 0.2) is 12.3 Å². The third-order valence-corrected chi connectivity index (χ3v) is 3.12. The molecule has 16 heavy (non-hydrogen) atoms. The lowest BCUT2D eigenvalue weighted by molar-refractivity contribution is -0.256. The standard InChI is InChI=1S/C12H21NO3/c1-9(10(14)15)16-13-11(2,3)7-6-8-12(13,4)5/h1,6-8H2,2-5H3,(H,14,15). The molecule has 0 aromatic rings. The SMILES string of the molecule is C=C(ON1C(C)(C)CCCC1(C)C)C(=O)O. The lowest BCUT2D eigenvalue weighted by atomic mass is 9.82. The highest BCUT2D eigenvalue weighted by atomic mass is 16.7. The van der Waals surface area contributed by atoms with E-state index in [0.717, 1.165) is 19.3 Å². The first-order valence-corrected chi connectivity index (χ1v) is 5.57. The van der Waals surface area contributed by atoms with Crippen LogP contribution in [0.25, 0.3) is 0 Å². The number of nitrogens with zero attached hydrogens (tertiary/aromatic N) is 1. The Hall–Kier alpha value is -1.03. The van der Waals surface area contributed by atoms with E-state index in [1.54, 1.807) is 5.06 Å². The zero-order valence-corrected chi connectivity index (χ0v) is 10.5. The molecular formula is C12H21NO3. The number of piperidine rings is 1. The molecule has 0 aromatic heterocycles. The van der Waals surface area contributed by atoms with Crippen LogP contribution in [0.2, 0.25) is 0 Å². The molecule has 92 valence electrons. The Labute approximate surface area is 96.8 Å². The molecule has 0 aliphatic carbocycles. The van der Waals surface area contributed by atoms with Crippen molar-refractivity contribution in [3.05, 3.63) is 12.3 Å². The highest BCUT2D eigenvalue weighted by Crippen LogP contribution is 2.38. The van der Waals surface area contributed by atoms with Crippen molar-refractivity contribution in [2.24, 2.45) is 0 Å². The van der Waals surface area contributed by atoms with Gasteiger partial charge in [-0.15, -0.1) is 5.06 Å². The van der Waals surface area contributed by atoms with E-state index in [2.05, 4.69) is 34.3 Å². The second kappa shape index (κ2) is 4.09. The van der Waals surface area contributed by atoms with E-state index in [9.17, 15) is 4.79 Å². The molecule has 0 spiro atoms. The Kier molecular flexibility index (Phi) is 3.33. The third-order valence-electron chi connectivity index (χ3n) is 3.12. The second-order valence-electron chi connectivity index (χ2n) is 5.59. The minimum absolute atomic E-state index is 0.167. The first-order valence-electron chi connectivity index (χ1n) is 5.57. The van der Waals surface area contributed by atoms with E-state index in [0.29, 0.717) is 0 Å². The molecule has 1 fully saturated rings. The number of carboxylic acids is 1. The van der Waals surface area contributed by atoms with Gasteiger partial charge in [-0.1, -0.05) is 0 Å². The van der Waals surface area contributed by atoms with Gasteiger partial charge in [-0.2, -0.15) is 0 Å². The van der Waals surface area contributed by atoms with E-state index in [-0.39, 0.29) is 16.8 Å². The number of hydrogen-bond acceptors (Lipinski definition) is 3. The Morgan fingerprint density at radius 3 is 2.06 bits per heavy atom. The summed E-state index contributed by atoms with van der Waals surface area (Å²) in [5, 5.41) is 10.6. The summed E-state index contributed by atoms with van der Waals surface area (Å²) in [4.78, 5) is 16.2. The Morgan fingerprint density at radius 1 is 1.25 bits per heavy atom. The summed E-state index contributed by atoms with van der Waals surface area (Å²) in [5.74, 6) is -1.33. The molecule has 1 aliphatic rings. The van der Waals surface area contributed by atoms with Crippen molar-refractivity contribution in [3.8, 4) is 0 Å². The van der Waals surface area contributed by atoms with Crippen molar-refractivity contribution >= 4 is 5.97 Å². The molecule has 0 unspecified atom stereocenters. The summed E-state index contributed by atoms with van der Waals surface area (Å²) >= 11 is 0. The van der Waals surface area contributed by atoms with E-state index in [1.165, 1.54) is 0 Å². The van der Waals surface area contributed by atoms with Gasteiger partial charge in [0.2, 0.25) is 5.76 Å². The predicted molar refractivity (Wildman–Crippen MR) is 61.7 cm³/mol. The summed E-state index contributed by atoms with van der Waals surface area (Å²) in [5.41, 5.74) is -0.333. The van der Waals surface area contributed by atoms with Crippen LogP contribution in [-0.4, -0.2) is 27.2 Å². The molecule has 0 radical (unpaired) electrons. The molecule has 0 amide bonds. The van der Waals surface area contributed by atoms with Crippen molar-refractivity contribution in [1.29, 1.82) is 0 Å². The number of hydroxylamine groups is 2. The molecule has 0 saturated carbocycles. The van der Waals surface area contributed by atoms with E-state index in [1.807, 2.05) is 0 Å². The topological polar surface area (TPSA) is 49.8 Å². The van der Waals surface area contributed by atoms with Gasteiger partial charge in [0, 0.05) is 0 Å². The van der Waals surface area contributed by atoms with Crippen LogP contribution in [0.1, 0.15) is 47.0 Å². The molecule has 1 N–H and O–H groups in total. The number of carbonyl (C=O) groups is 1. The first-order chi connectivity index (χ1) is 7.17. The van der Waals surface area contributed by atoms with Gasteiger partial charge in [0.1, 0.15) is 0 Å². The smallest absolute Gasteiger partial charge is 0.373 e. The van der Waals surface area contributed by atoms with Gasteiger partial charge in [0.15, 0.2) is 0 Å². The summed E-state index contributed by atoms with van der Waals surface area (Å²) in [6, 6.07) is 0. The minimum Gasteiger partial charge on any atom is -0.475 e. The Morgan fingerprint density at radius 2 is 1.69 bits per heavy atom. The maximum absolute atomic E-state index is 10.7. The number of aliphatic carboxylic acids is 1. The van der Waals surface area contributed by atoms with Crippen molar-refractivity contribution in [2.45, 2.75) is 58.0 Å². The van der Waals surface area contributed by atoms with Crippen LogP contribution in [0, 0.1) is 0 Å². The molecule has 1 heterocycles. The van der Waals surface area contributed by atoms with Gasteiger partial charge >= 0.3 is 5.97 Å². The van der Waals surface area contributed by atoms with Gasteiger partial charge in [-0.05, 0) is 53.5 Å². The highest BCUT2D eigenvalue weighted by Gasteiger charge is 2.44. The molecular weight excluding hydrogens is 206 g/mol. The van der Waals surface area contributed by atoms with Crippen molar-refractivity contribution in [2.75, 3.05) is 0 Å². The number of hydrogen-bond donors (Lipinski definition) is 1. The fourth-order valence-electron chi connectivity index (χ4n) is 2.37. The van der Waals surface area contributed by atoms with E-state index >= 15 is 0 Å². The molecule has 1 saturated heterocycles. The third kappa shape index (κ3) is 2.55. The van der Waals surface area contributed by atoms with Crippen LogP contribution >= 0.6 is 0 Å². The number of rotatable bonds is 3.